The van der Waals surface area contributed by atoms with E-state index in [1.807, 2.05) is 11.3 Å². The highest BCUT2D eigenvalue weighted by Crippen LogP contribution is 2.46. The Morgan fingerprint density at radius 2 is 1.19 bits per heavy atom. The van der Waals surface area contributed by atoms with Gasteiger partial charge < -0.3 is 4.90 Å². The summed E-state index contributed by atoms with van der Waals surface area (Å²) in [6.45, 7) is 0. The Morgan fingerprint density at radius 1 is 0.548 bits per heavy atom. The first-order chi connectivity index (χ1) is 15.3. The van der Waals surface area contributed by atoms with E-state index in [0.29, 0.717) is 0 Å². The van der Waals surface area contributed by atoms with Crippen molar-refractivity contribution in [2.45, 2.75) is 0 Å². The topological polar surface area (TPSA) is 3.24 Å². The summed E-state index contributed by atoms with van der Waals surface area (Å²) in [6.07, 6.45) is 0. The van der Waals surface area contributed by atoms with Crippen LogP contribution in [0.15, 0.2) is 114 Å². The van der Waals surface area contributed by atoms with Crippen molar-refractivity contribution in [2.24, 2.45) is 0 Å². The lowest BCUT2D eigenvalue weighted by molar-refractivity contribution is 1.31. The number of nitrogens with zero attached hydrogens (tertiary/aromatic N) is 1. The van der Waals surface area contributed by atoms with Crippen molar-refractivity contribution in [1.29, 1.82) is 0 Å². The van der Waals surface area contributed by atoms with Crippen LogP contribution in [0.4, 0.5) is 17.1 Å². The fourth-order valence-electron chi connectivity index (χ4n) is 4.31. The lowest BCUT2D eigenvalue weighted by Crippen LogP contribution is -2.10. The second-order valence-corrected chi connectivity index (χ2v) is 9.53. The fourth-order valence-corrected chi connectivity index (χ4v) is 5.78. The predicted molar refractivity (Wildman–Crippen MR) is 139 cm³/mol. The van der Waals surface area contributed by atoms with Gasteiger partial charge in [0.2, 0.25) is 0 Å². The van der Waals surface area contributed by atoms with Gasteiger partial charge >= 0.3 is 0 Å². The second kappa shape index (κ2) is 7.52. The van der Waals surface area contributed by atoms with E-state index >= 15 is 0 Å². The van der Waals surface area contributed by atoms with E-state index in [2.05, 4.69) is 130 Å². The SMILES string of the molecule is Brc1ccc(N(c2cccc3ccccc23)c2cccc3c2sc2ccccc23)cc1. The maximum atomic E-state index is 3.59. The molecule has 0 N–H and O–H groups in total. The molecular formula is C28H18BrNS. The molecule has 0 unspecified atom stereocenters. The van der Waals surface area contributed by atoms with Crippen LogP contribution in [0.25, 0.3) is 30.9 Å². The molecule has 148 valence electrons. The number of hydrogen-bond acceptors (Lipinski definition) is 2. The Balaban J connectivity index is 1.70. The molecule has 0 aliphatic carbocycles. The summed E-state index contributed by atoms with van der Waals surface area (Å²) in [5.41, 5.74) is 3.53. The molecule has 5 aromatic carbocycles. The number of anilines is 3. The van der Waals surface area contributed by atoms with Gasteiger partial charge in [-0.25, -0.2) is 0 Å². The van der Waals surface area contributed by atoms with Gasteiger partial charge in [0.05, 0.1) is 16.1 Å². The van der Waals surface area contributed by atoms with Crippen LogP contribution < -0.4 is 4.90 Å². The van der Waals surface area contributed by atoms with E-state index in [4.69, 9.17) is 0 Å². The quantitative estimate of drug-likeness (QED) is 0.244. The Morgan fingerprint density at radius 3 is 2.06 bits per heavy atom. The first-order valence-corrected chi connectivity index (χ1v) is 11.8. The minimum atomic E-state index is 1.08. The van der Waals surface area contributed by atoms with E-state index in [1.54, 1.807) is 0 Å². The van der Waals surface area contributed by atoms with Gasteiger partial charge in [0.25, 0.3) is 0 Å². The number of rotatable bonds is 3. The maximum Gasteiger partial charge on any atom is 0.0640 e. The third kappa shape index (κ3) is 3.13. The molecule has 0 aliphatic heterocycles. The zero-order valence-electron chi connectivity index (χ0n) is 16.6. The van der Waals surface area contributed by atoms with Crippen LogP contribution in [0, 0.1) is 0 Å². The average Bonchev–Trinajstić information content (AvgIpc) is 3.20. The van der Waals surface area contributed by atoms with E-state index in [-0.39, 0.29) is 0 Å². The molecule has 0 saturated heterocycles. The van der Waals surface area contributed by atoms with Crippen LogP contribution in [0.2, 0.25) is 0 Å². The molecule has 3 heteroatoms. The predicted octanol–water partition coefficient (Wildman–Crippen LogP) is 9.44. The van der Waals surface area contributed by atoms with Crippen molar-refractivity contribution in [2.75, 3.05) is 4.90 Å². The molecule has 31 heavy (non-hydrogen) atoms. The standard InChI is InChI=1S/C28H18BrNS/c29-20-15-17-21(18-16-20)30(25-12-5-8-19-7-1-2-9-22(19)25)26-13-6-11-24-23-10-3-4-14-27(23)31-28(24)26/h1-18H. The van der Waals surface area contributed by atoms with Crippen molar-refractivity contribution in [3.05, 3.63) is 114 Å². The first-order valence-electron chi connectivity index (χ1n) is 10.2. The molecule has 6 aromatic rings. The number of hydrogen-bond donors (Lipinski definition) is 0. The number of halogens is 1. The van der Waals surface area contributed by atoms with Crippen molar-refractivity contribution in [3.63, 3.8) is 0 Å². The van der Waals surface area contributed by atoms with Gasteiger partial charge in [0, 0.05) is 31.0 Å². The highest BCUT2D eigenvalue weighted by molar-refractivity contribution is 9.10. The van der Waals surface area contributed by atoms with E-state index in [9.17, 15) is 0 Å². The molecule has 0 amide bonds. The van der Waals surface area contributed by atoms with Gasteiger partial charge in [-0.15, -0.1) is 11.3 Å². The Bertz CT molecular complexity index is 1540. The summed E-state index contributed by atoms with van der Waals surface area (Å²) in [4.78, 5) is 2.40. The van der Waals surface area contributed by atoms with Gasteiger partial charge in [-0.2, -0.15) is 0 Å². The Labute approximate surface area is 193 Å². The van der Waals surface area contributed by atoms with Crippen LogP contribution >= 0.6 is 27.3 Å². The zero-order chi connectivity index (χ0) is 20.8. The maximum absolute atomic E-state index is 3.59. The van der Waals surface area contributed by atoms with E-state index < -0.39 is 0 Å². The van der Waals surface area contributed by atoms with Crippen molar-refractivity contribution >= 4 is 75.3 Å². The van der Waals surface area contributed by atoms with Crippen molar-refractivity contribution < 1.29 is 0 Å². The van der Waals surface area contributed by atoms with Crippen LogP contribution in [0.5, 0.6) is 0 Å². The summed E-state index contributed by atoms with van der Waals surface area (Å²) in [5, 5.41) is 5.11. The molecule has 0 spiro atoms. The summed E-state index contributed by atoms with van der Waals surface area (Å²) >= 11 is 5.46. The molecule has 0 saturated carbocycles. The van der Waals surface area contributed by atoms with Gasteiger partial charge in [0.15, 0.2) is 0 Å². The summed E-state index contributed by atoms with van der Waals surface area (Å²) in [6, 6.07) is 39.1. The first kappa shape index (κ1) is 18.6. The molecule has 0 atom stereocenters. The third-order valence-corrected chi connectivity index (χ3v) is 7.45. The van der Waals surface area contributed by atoms with Gasteiger partial charge in [-0.05, 0) is 47.9 Å². The monoisotopic (exact) mass is 479 g/mol. The molecule has 1 aromatic heterocycles. The molecule has 1 heterocycles. The molecule has 0 radical (unpaired) electrons. The Kier molecular flexibility index (Phi) is 4.52. The fraction of sp³-hybridized carbons (Fsp3) is 0. The van der Waals surface area contributed by atoms with Crippen LogP contribution in [0.3, 0.4) is 0 Å². The van der Waals surface area contributed by atoms with Crippen molar-refractivity contribution in [1.82, 2.24) is 0 Å². The highest BCUT2D eigenvalue weighted by Gasteiger charge is 2.19. The summed E-state index contributed by atoms with van der Waals surface area (Å²) in [5.74, 6) is 0. The van der Waals surface area contributed by atoms with Gasteiger partial charge in [0.1, 0.15) is 0 Å². The molecule has 6 rings (SSSR count). The van der Waals surface area contributed by atoms with Crippen LogP contribution in [0.1, 0.15) is 0 Å². The third-order valence-electron chi connectivity index (χ3n) is 5.72. The normalized spacial score (nSPS) is 11.4. The van der Waals surface area contributed by atoms with Gasteiger partial charge in [-0.3, -0.25) is 0 Å². The van der Waals surface area contributed by atoms with Gasteiger partial charge in [-0.1, -0.05) is 82.7 Å². The minimum absolute atomic E-state index is 1.08. The number of thiophene rings is 1. The molecule has 0 fully saturated rings. The molecule has 0 aliphatic rings. The smallest absolute Gasteiger partial charge is 0.0640 e. The largest absolute Gasteiger partial charge is 0.308 e. The summed E-state index contributed by atoms with van der Waals surface area (Å²) < 4.78 is 3.70. The number of benzene rings is 5. The second-order valence-electron chi connectivity index (χ2n) is 7.56. The highest BCUT2D eigenvalue weighted by atomic mass is 79.9. The lowest BCUT2D eigenvalue weighted by Gasteiger charge is -2.27. The van der Waals surface area contributed by atoms with E-state index in [1.165, 1.54) is 42.3 Å². The minimum Gasteiger partial charge on any atom is -0.308 e. The van der Waals surface area contributed by atoms with Crippen LogP contribution in [-0.4, -0.2) is 0 Å². The molecule has 1 nitrogen and oxygen atoms in total. The van der Waals surface area contributed by atoms with E-state index in [0.717, 1.165) is 10.2 Å². The summed E-state index contributed by atoms with van der Waals surface area (Å²) in [7, 11) is 0. The zero-order valence-corrected chi connectivity index (χ0v) is 19.0. The van der Waals surface area contributed by atoms with Crippen molar-refractivity contribution in [3.8, 4) is 0 Å². The number of fused-ring (bicyclic) bond motifs is 4. The molecular weight excluding hydrogens is 462 g/mol. The Hall–Kier alpha value is -3.14. The molecule has 0 bridgehead atoms. The van der Waals surface area contributed by atoms with Crippen LogP contribution in [-0.2, 0) is 0 Å². The average molecular weight is 480 g/mol. The lowest BCUT2D eigenvalue weighted by atomic mass is 10.1.